The molecule has 8 nitrogen and oxygen atoms in total. The number of rotatable bonds is 7. The van der Waals surface area contributed by atoms with E-state index in [1.165, 1.54) is 0 Å². The van der Waals surface area contributed by atoms with Gasteiger partial charge in [0, 0.05) is 37.6 Å². The number of carbonyl (C=O) groups excluding carboxylic acids is 3. The van der Waals surface area contributed by atoms with Gasteiger partial charge in [-0.25, -0.2) is 0 Å². The highest BCUT2D eigenvalue weighted by Crippen LogP contribution is 2.58. The van der Waals surface area contributed by atoms with Crippen molar-refractivity contribution in [1.82, 2.24) is 4.90 Å². The van der Waals surface area contributed by atoms with Gasteiger partial charge in [0.15, 0.2) is 0 Å². The number of para-hydroxylation sites is 2. The maximum Gasteiger partial charge on any atom is 0.253 e. The second-order valence-corrected chi connectivity index (χ2v) is 12.1. The van der Waals surface area contributed by atoms with Crippen LogP contribution in [-0.2, 0) is 19.1 Å². The van der Waals surface area contributed by atoms with Gasteiger partial charge in [-0.3, -0.25) is 14.4 Å². The standard InChI is InChI=1S/C34H39N3O5/c1-23-13-10-14-24(2)28(23)36-21-12-18-34-27(31(40)37(29(34)32(36)41)19-8-5-9-22-38)26-30(39)35(25-15-6-4-7-16-25)20-11-17-33(26,3)42-34/h4,6-7,10-18,26-27,29,38H,5,8-9,19-22H2,1-3H3/t26-,27+,29?,33+,34+/m1/s1. The molecule has 4 aliphatic rings. The van der Waals surface area contributed by atoms with Crippen molar-refractivity contribution in [1.29, 1.82) is 0 Å². The second kappa shape index (κ2) is 10.8. The summed E-state index contributed by atoms with van der Waals surface area (Å²) in [5, 5.41) is 9.33. The molecule has 0 radical (unpaired) electrons. The van der Waals surface area contributed by atoms with Crippen molar-refractivity contribution in [3.63, 3.8) is 0 Å². The normalized spacial score (nSPS) is 30.3. The van der Waals surface area contributed by atoms with E-state index in [4.69, 9.17) is 4.74 Å². The van der Waals surface area contributed by atoms with Gasteiger partial charge in [0.1, 0.15) is 11.6 Å². The zero-order valence-electron chi connectivity index (χ0n) is 24.5. The minimum Gasteiger partial charge on any atom is -0.396 e. The highest BCUT2D eigenvalue weighted by Gasteiger charge is 2.74. The molecule has 220 valence electrons. The summed E-state index contributed by atoms with van der Waals surface area (Å²) in [4.78, 5) is 48.8. The van der Waals surface area contributed by atoms with Gasteiger partial charge in [0.05, 0.1) is 17.4 Å². The Morgan fingerprint density at radius 1 is 0.810 bits per heavy atom. The maximum absolute atomic E-state index is 14.7. The molecule has 1 N–H and O–H groups in total. The Labute approximate surface area is 247 Å². The van der Waals surface area contributed by atoms with E-state index in [2.05, 4.69) is 0 Å². The van der Waals surface area contributed by atoms with Crippen molar-refractivity contribution in [2.75, 3.05) is 36.0 Å². The van der Waals surface area contributed by atoms with Crippen molar-refractivity contribution in [3.8, 4) is 0 Å². The molecule has 2 aromatic rings. The summed E-state index contributed by atoms with van der Waals surface area (Å²) in [6.45, 7) is 6.98. The summed E-state index contributed by atoms with van der Waals surface area (Å²) in [5.74, 6) is -2.27. The molecular weight excluding hydrogens is 530 g/mol. The van der Waals surface area contributed by atoms with E-state index in [0.717, 1.165) is 28.9 Å². The number of aliphatic hydroxyl groups excluding tert-OH is 1. The molecular formula is C34H39N3O5. The van der Waals surface area contributed by atoms with E-state index in [0.29, 0.717) is 32.5 Å². The number of unbranched alkanes of at least 4 members (excludes halogenated alkanes) is 2. The Kier molecular flexibility index (Phi) is 7.31. The number of amides is 3. The van der Waals surface area contributed by atoms with E-state index >= 15 is 0 Å². The Balaban J connectivity index is 1.46. The molecule has 42 heavy (non-hydrogen) atoms. The molecule has 4 heterocycles. The van der Waals surface area contributed by atoms with E-state index < -0.39 is 29.1 Å². The molecule has 0 aromatic heterocycles. The number of anilines is 2. The number of nitrogens with zero attached hydrogens (tertiary/aromatic N) is 3. The van der Waals surface area contributed by atoms with Gasteiger partial charge in [-0.1, -0.05) is 60.7 Å². The van der Waals surface area contributed by atoms with Crippen LogP contribution in [0.3, 0.4) is 0 Å². The van der Waals surface area contributed by atoms with E-state index in [9.17, 15) is 19.5 Å². The Morgan fingerprint density at radius 2 is 1.50 bits per heavy atom. The molecule has 6 rings (SSSR count). The van der Waals surface area contributed by atoms with Crippen molar-refractivity contribution >= 4 is 29.1 Å². The molecule has 4 aliphatic heterocycles. The number of likely N-dealkylation sites (tertiary alicyclic amines) is 1. The lowest BCUT2D eigenvalue weighted by atomic mass is 9.74. The highest BCUT2D eigenvalue weighted by atomic mass is 16.5. The van der Waals surface area contributed by atoms with E-state index in [1.54, 1.807) is 14.7 Å². The number of aliphatic hydroxyl groups is 1. The second-order valence-electron chi connectivity index (χ2n) is 12.1. The lowest BCUT2D eigenvalue weighted by Crippen LogP contribution is -2.56. The van der Waals surface area contributed by atoms with Gasteiger partial charge >= 0.3 is 0 Å². The average molecular weight is 570 g/mol. The lowest BCUT2D eigenvalue weighted by molar-refractivity contribution is -0.144. The van der Waals surface area contributed by atoms with Gasteiger partial charge in [-0.2, -0.15) is 0 Å². The summed E-state index contributed by atoms with van der Waals surface area (Å²) >= 11 is 0. The van der Waals surface area contributed by atoms with Gasteiger partial charge in [-0.15, -0.1) is 0 Å². The highest BCUT2D eigenvalue weighted by molar-refractivity contribution is 6.08. The summed E-state index contributed by atoms with van der Waals surface area (Å²) in [6.07, 6.45) is 9.65. The Morgan fingerprint density at radius 3 is 2.21 bits per heavy atom. The summed E-state index contributed by atoms with van der Waals surface area (Å²) < 4.78 is 6.96. The topological polar surface area (TPSA) is 90.4 Å². The first-order valence-corrected chi connectivity index (χ1v) is 14.9. The van der Waals surface area contributed by atoms with Crippen LogP contribution in [0, 0.1) is 25.7 Å². The van der Waals surface area contributed by atoms with Gasteiger partial charge in [-0.05, 0) is 63.3 Å². The molecule has 5 atom stereocenters. The number of ether oxygens (including phenoxy) is 1. The number of benzene rings is 2. The third-order valence-electron chi connectivity index (χ3n) is 9.39. The zero-order chi connectivity index (χ0) is 29.6. The smallest absolute Gasteiger partial charge is 0.253 e. The van der Waals surface area contributed by atoms with Crippen LogP contribution < -0.4 is 9.80 Å². The van der Waals surface area contributed by atoms with Crippen LogP contribution in [0.25, 0.3) is 0 Å². The third-order valence-corrected chi connectivity index (χ3v) is 9.39. The molecule has 2 saturated heterocycles. The van der Waals surface area contributed by atoms with Crippen molar-refractivity contribution in [3.05, 3.63) is 84.0 Å². The first kappa shape index (κ1) is 28.4. The summed E-state index contributed by atoms with van der Waals surface area (Å²) in [5.41, 5.74) is 1.18. The van der Waals surface area contributed by atoms with Crippen LogP contribution in [0.15, 0.2) is 72.8 Å². The van der Waals surface area contributed by atoms with Crippen LogP contribution in [0.4, 0.5) is 11.4 Å². The fourth-order valence-electron chi connectivity index (χ4n) is 7.60. The minimum atomic E-state index is -1.30. The SMILES string of the molecule is Cc1cccc(C)c1N1CC=C[C@]23O[C@@]4(C)C=CCN(c5ccccc5)C(=O)[C@H]4[C@H]2C(=O)N(CCCCCO)C3C1=O. The van der Waals surface area contributed by atoms with E-state index in [-0.39, 0.29) is 24.3 Å². The molecule has 2 fully saturated rings. The third kappa shape index (κ3) is 4.31. The molecule has 1 spiro atoms. The molecule has 0 bridgehead atoms. The molecule has 0 saturated carbocycles. The number of hydrogen-bond acceptors (Lipinski definition) is 5. The number of aryl methyl sites for hydroxylation is 2. The van der Waals surface area contributed by atoms with Crippen molar-refractivity contribution in [2.45, 2.75) is 57.3 Å². The monoisotopic (exact) mass is 569 g/mol. The minimum absolute atomic E-state index is 0.0750. The van der Waals surface area contributed by atoms with E-state index in [1.807, 2.05) is 93.6 Å². The molecule has 3 amide bonds. The molecule has 8 heteroatoms. The fraction of sp³-hybridized carbons (Fsp3) is 0.441. The molecule has 1 unspecified atom stereocenters. The van der Waals surface area contributed by atoms with Crippen LogP contribution >= 0.6 is 0 Å². The largest absolute Gasteiger partial charge is 0.396 e. The Hall–Kier alpha value is -3.75. The van der Waals surface area contributed by atoms with Crippen LogP contribution in [0.5, 0.6) is 0 Å². The lowest BCUT2D eigenvalue weighted by Gasteiger charge is -2.38. The van der Waals surface area contributed by atoms with Crippen LogP contribution in [-0.4, -0.2) is 71.2 Å². The van der Waals surface area contributed by atoms with Crippen molar-refractivity contribution < 1.29 is 24.2 Å². The first-order chi connectivity index (χ1) is 20.2. The van der Waals surface area contributed by atoms with Gasteiger partial charge in [0.2, 0.25) is 11.8 Å². The number of carbonyl (C=O) groups is 3. The predicted molar refractivity (Wildman–Crippen MR) is 161 cm³/mol. The molecule has 2 aromatic carbocycles. The zero-order valence-corrected chi connectivity index (χ0v) is 24.5. The van der Waals surface area contributed by atoms with Gasteiger partial charge in [0.25, 0.3) is 5.91 Å². The van der Waals surface area contributed by atoms with Gasteiger partial charge < -0.3 is 24.5 Å². The summed E-state index contributed by atoms with van der Waals surface area (Å²) in [6, 6.07) is 14.5. The average Bonchev–Trinajstić information content (AvgIpc) is 3.23. The molecule has 0 aliphatic carbocycles. The summed E-state index contributed by atoms with van der Waals surface area (Å²) in [7, 11) is 0. The van der Waals surface area contributed by atoms with Crippen LogP contribution in [0.1, 0.15) is 37.3 Å². The Bertz CT molecular complexity index is 1430. The number of fused-ring (bicyclic) bond motifs is 2. The first-order valence-electron chi connectivity index (χ1n) is 14.9. The van der Waals surface area contributed by atoms with Crippen LogP contribution in [0.2, 0.25) is 0 Å². The number of hydrogen-bond donors (Lipinski definition) is 1. The van der Waals surface area contributed by atoms with Crippen molar-refractivity contribution in [2.24, 2.45) is 11.8 Å². The predicted octanol–water partition coefficient (Wildman–Crippen LogP) is 3.94. The fourth-order valence-corrected chi connectivity index (χ4v) is 7.60. The quantitative estimate of drug-likeness (QED) is 0.403. The maximum atomic E-state index is 14.7.